The molecule has 4 aromatic rings. The van der Waals surface area contributed by atoms with E-state index in [9.17, 15) is 0 Å². The molecule has 29 heavy (non-hydrogen) atoms. The number of unbranched alkanes of at least 4 members (excludes halogenated alkanes) is 2. The van der Waals surface area contributed by atoms with Gasteiger partial charge in [-0.1, -0.05) is 66.7 Å². The largest absolute Gasteiger partial charge is 0.368 e. The van der Waals surface area contributed by atoms with Crippen molar-refractivity contribution in [1.29, 1.82) is 0 Å². The van der Waals surface area contributed by atoms with Gasteiger partial charge in [-0.25, -0.2) is 15.0 Å². The van der Waals surface area contributed by atoms with Crippen LogP contribution in [-0.2, 0) is 0 Å². The third-order valence-corrected chi connectivity index (χ3v) is 4.84. The van der Waals surface area contributed by atoms with Crippen molar-refractivity contribution < 1.29 is 0 Å². The summed E-state index contributed by atoms with van der Waals surface area (Å²) in [7, 11) is 0. The number of fused-ring (bicyclic) bond motifs is 1. The quantitative estimate of drug-likeness (QED) is 0.401. The van der Waals surface area contributed by atoms with E-state index >= 15 is 0 Å². The maximum Gasteiger partial charge on any atom is 0.183 e. The van der Waals surface area contributed by atoms with Gasteiger partial charge in [0.15, 0.2) is 11.5 Å². The second-order valence-electron chi connectivity index (χ2n) is 6.99. The molecule has 2 aromatic carbocycles. The number of benzene rings is 2. The summed E-state index contributed by atoms with van der Waals surface area (Å²) >= 11 is 0. The van der Waals surface area contributed by atoms with E-state index in [0.29, 0.717) is 5.65 Å². The number of nitrogens with zero attached hydrogens (tertiary/aromatic N) is 3. The van der Waals surface area contributed by atoms with Gasteiger partial charge >= 0.3 is 0 Å². The van der Waals surface area contributed by atoms with E-state index in [1.807, 2.05) is 6.92 Å². The van der Waals surface area contributed by atoms with Crippen molar-refractivity contribution in [2.75, 3.05) is 11.9 Å². The number of hydrogen-bond acceptors (Lipinski definition) is 4. The van der Waals surface area contributed by atoms with Gasteiger partial charge in [-0.2, -0.15) is 0 Å². The Morgan fingerprint density at radius 1 is 0.931 bits per heavy atom. The maximum atomic E-state index is 4.49. The molecule has 0 saturated heterocycles. The van der Waals surface area contributed by atoms with Crippen molar-refractivity contribution in [3.8, 4) is 0 Å². The molecule has 146 valence electrons. The van der Waals surface area contributed by atoms with E-state index in [-0.39, 0.29) is 0 Å². The van der Waals surface area contributed by atoms with Gasteiger partial charge in [0, 0.05) is 6.54 Å². The fraction of sp³-hybridized carbons (Fsp3) is 0.208. The molecule has 0 bridgehead atoms. The van der Waals surface area contributed by atoms with Gasteiger partial charge in [0.2, 0.25) is 0 Å². The van der Waals surface area contributed by atoms with Crippen molar-refractivity contribution in [3.05, 3.63) is 90.0 Å². The average molecular weight is 383 g/mol. The zero-order valence-corrected chi connectivity index (χ0v) is 16.6. The van der Waals surface area contributed by atoms with Gasteiger partial charge in [0.05, 0.1) is 6.33 Å². The number of aryl methyl sites for hydroxylation is 1. The van der Waals surface area contributed by atoms with Crippen LogP contribution in [0.3, 0.4) is 0 Å². The molecule has 0 spiro atoms. The van der Waals surface area contributed by atoms with Gasteiger partial charge in [0.1, 0.15) is 11.3 Å². The normalized spacial score (nSPS) is 10.8. The Morgan fingerprint density at radius 2 is 1.62 bits per heavy atom. The number of rotatable bonds is 8. The summed E-state index contributed by atoms with van der Waals surface area (Å²) in [6, 6.07) is 21.2. The first-order valence-corrected chi connectivity index (χ1v) is 10.0. The highest BCUT2D eigenvalue weighted by Crippen LogP contribution is 2.24. The van der Waals surface area contributed by atoms with Gasteiger partial charge in [0.25, 0.3) is 0 Å². The SMILES string of the molecule is Cc1nc(NCCCCC=C(c2ccccc2)c2ccccc2)c2[nH]cnc2n1. The molecule has 5 nitrogen and oxygen atoms in total. The summed E-state index contributed by atoms with van der Waals surface area (Å²) in [5.74, 6) is 1.56. The predicted molar refractivity (Wildman–Crippen MR) is 119 cm³/mol. The van der Waals surface area contributed by atoms with Crippen LogP contribution in [-0.4, -0.2) is 26.5 Å². The summed E-state index contributed by atoms with van der Waals surface area (Å²) in [5.41, 5.74) is 5.39. The minimum absolute atomic E-state index is 0.707. The summed E-state index contributed by atoms with van der Waals surface area (Å²) in [4.78, 5) is 16.2. The fourth-order valence-corrected chi connectivity index (χ4v) is 3.43. The number of nitrogens with one attached hydrogen (secondary N) is 2. The molecule has 0 fully saturated rings. The number of hydrogen-bond donors (Lipinski definition) is 2. The Balaban J connectivity index is 1.36. The number of aromatic nitrogens is 4. The number of H-pyrrole nitrogens is 1. The smallest absolute Gasteiger partial charge is 0.183 e. The molecule has 0 unspecified atom stereocenters. The molecule has 2 N–H and O–H groups in total. The summed E-state index contributed by atoms with van der Waals surface area (Å²) in [5, 5.41) is 3.42. The zero-order chi connectivity index (χ0) is 19.9. The van der Waals surface area contributed by atoms with E-state index in [2.05, 4.69) is 92.0 Å². The van der Waals surface area contributed by atoms with Crippen LogP contribution in [0.4, 0.5) is 5.82 Å². The maximum absolute atomic E-state index is 4.49. The first kappa shape index (κ1) is 18.9. The van der Waals surface area contributed by atoms with E-state index in [1.165, 1.54) is 16.7 Å². The van der Waals surface area contributed by atoms with Crippen LogP contribution < -0.4 is 5.32 Å². The lowest BCUT2D eigenvalue weighted by molar-refractivity contribution is 0.777. The molecule has 0 aliphatic rings. The lowest BCUT2D eigenvalue weighted by atomic mass is 9.96. The van der Waals surface area contributed by atoms with Crippen molar-refractivity contribution >= 4 is 22.6 Å². The third-order valence-electron chi connectivity index (χ3n) is 4.84. The third kappa shape index (κ3) is 4.69. The van der Waals surface area contributed by atoms with Gasteiger partial charge in [-0.15, -0.1) is 0 Å². The van der Waals surface area contributed by atoms with E-state index in [1.54, 1.807) is 6.33 Å². The Labute approximate surface area is 171 Å². The highest BCUT2D eigenvalue weighted by molar-refractivity contribution is 5.82. The molecular weight excluding hydrogens is 358 g/mol. The molecule has 5 heteroatoms. The lowest BCUT2D eigenvalue weighted by Gasteiger charge is -2.09. The summed E-state index contributed by atoms with van der Waals surface area (Å²) in [6.07, 6.45) is 7.21. The number of aromatic amines is 1. The predicted octanol–water partition coefficient (Wildman–Crippen LogP) is 5.38. The summed E-state index contributed by atoms with van der Waals surface area (Å²) in [6.45, 7) is 2.75. The number of anilines is 1. The van der Waals surface area contributed by atoms with Gasteiger partial charge < -0.3 is 10.3 Å². The second-order valence-corrected chi connectivity index (χ2v) is 6.99. The number of allylic oxidation sites excluding steroid dienone is 1. The van der Waals surface area contributed by atoms with Crippen LogP contribution in [0.25, 0.3) is 16.7 Å². The molecule has 4 rings (SSSR count). The Kier molecular flexibility index (Phi) is 5.95. The second kappa shape index (κ2) is 9.15. The Hall–Kier alpha value is -3.47. The van der Waals surface area contributed by atoms with Crippen LogP contribution in [0.5, 0.6) is 0 Å². The summed E-state index contributed by atoms with van der Waals surface area (Å²) < 4.78 is 0. The molecule has 2 aromatic heterocycles. The van der Waals surface area contributed by atoms with E-state index < -0.39 is 0 Å². The number of imidazole rings is 1. The monoisotopic (exact) mass is 383 g/mol. The van der Waals surface area contributed by atoms with Crippen molar-refractivity contribution in [3.63, 3.8) is 0 Å². The molecule has 2 heterocycles. The van der Waals surface area contributed by atoms with Crippen molar-refractivity contribution in [2.45, 2.75) is 26.2 Å². The van der Waals surface area contributed by atoms with Crippen LogP contribution in [0.1, 0.15) is 36.2 Å². The highest BCUT2D eigenvalue weighted by Gasteiger charge is 2.07. The average Bonchev–Trinajstić information content (AvgIpc) is 3.23. The molecule has 0 aliphatic carbocycles. The standard InChI is InChI=1S/C24H25N5/c1-18-28-23(22-24(29-18)27-17-26-22)25-16-10-4-9-15-21(19-11-5-2-6-12-19)20-13-7-3-8-14-20/h2-3,5-8,11-15,17H,4,9-10,16H2,1H3,(H2,25,26,27,28,29). The zero-order valence-electron chi connectivity index (χ0n) is 16.6. The van der Waals surface area contributed by atoms with Crippen LogP contribution in [0.15, 0.2) is 73.1 Å². The van der Waals surface area contributed by atoms with Crippen LogP contribution in [0.2, 0.25) is 0 Å². The first-order valence-electron chi connectivity index (χ1n) is 10.0. The lowest BCUT2D eigenvalue weighted by Crippen LogP contribution is -2.05. The minimum Gasteiger partial charge on any atom is -0.368 e. The Morgan fingerprint density at radius 3 is 2.31 bits per heavy atom. The van der Waals surface area contributed by atoms with E-state index in [0.717, 1.165) is 43.0 Å². The fourth-order valence-electron chi connectivity index (χ4n) is 3.43. The first-order chi connectivity index (χ1) is 14.3. The molecule has 0 aliphatic heterocycles. The topological polar surface area (TPSA) is 66.5 Å². The van der Waals surface area contributed by atoms with Crippen LogP contribution >= 0.6 is 0 Å². The molecule has 0 atom stereocenters. The molecule has 0 amide bonds. The van der Waals surface area contributed by atoms with Crippen LogP contribution in [0, 0.1) is 6.92 Å². The highest BCUT2D eigenvalue weighted by atomic mass is 15.1. The van der Waals surface area contributed by atoms with Crippen molar-refractivity contribution in [2.24, 2.45) is 0 Å². The van der Waals surface area contributed by atoms with Gasteiger partial charge in [-0.3, -0.25) is 0 Å². The van der Waals surface area contributed by atoms with Gasteiger partial charge in [-0.05, 0) is 42.9 Å². The Bertz CT molecular complexity index is 1040. The van der Waals surface area contributed by atoms with Crippen molar-refractivity contribution in [1.82, 2.24) is 19.9 Å². The molecule has 0 radical (unpaired) electrons. The molecular formula is C24H25N5. The molecule has 0 saturated carbocycles. The van der Waals surface area contributed by atoms with E-state index in [4.69, 9.17) is 0 Å². The minimum atomic E-state index is 0.707.